The molecule has 3 N–H and O–H groups in total. The van der Waals surface area contributed by atoms with Crippen molar-refractivity contribution in [1.82, 2.24) is 30.2 Å². The minimum Gasteiger partial charge on any atom is -0.444 e. The summed E-state index contributed by atoms with van der Waals surface area (Å²) in [6, 6.07) is -0.311. The van der Waals surface area contributed by atoms with Crippen LogP contribution in [0, 0.1) is 0 Å². The normalized spacial score (nSPS) is 18.6. The van der Waals surface area contributed by atoms with E-state index < -0.39 is 38.8 Å². The van der Waals surface area contributed by atoms with Crippen LogP contribution >= 0.6 is 0 Å². The van der Waals surface area contributed by atoms with E-state index in [2.05, 4.69) is 24.6 Å². The molecule has 250 valence electrons. The predicted octanol–water partition coefficient (Wildman–Crippen LogP) is 4.34. The fourth-order valence-corrected chi connectivity index (χ4v) is 4.73. The van der Waals surface area contributed by atoms with Crippen LogP contribution in [0.3, 0.4) is 0 Å². The molecule has 0 saturated carbocycles. The average Bonchev–Trinajstić information content (AvgIpc) is 3.37. The third-order valence-corrected chi connectivity index (χ3v) is 7.27. The third-order valence-electron chi connectivity index (χ3n) is 6.33. The molecule has 4 heterocycles. The number of alkyl halides is 3. The molecule has 2 aromatic heterocycles. The number of nitrogens with zero attached hydrogens (tertiary/aromatic N) is 3. The number of ether oxygens (including phenoxy) is 2. The van der Waals surface area contributed by atoms with Gasteiger partial charge >= 0.3 is 27.8 Å². The number of halogens is 3. The third kappa shape index (κ3) is 8.69. The number of nitrogens with one attached hydrogen (secondary N) is 3. The Balaban J connectivity index is 0.000000315. The molecule has 2 aliphatic rings. The van der Waals surface area contributed by atoms with Crippen molar-refractivity contribution in [2.45, 2.75) is 118 Å². The summed E-state index contributed by atoms with van der Waals surface area (Å²) >= 11 is 0. The molecule has 18 heteroatoms. The number of hydrogen-bond donors (Lipinski definition) is 3. The van der Waals surface area contributed by atoms with Crippen LogP contribution in [0.25, 0.3) is 0 Å². The molecule has 0 spiro atoms. The molecule has 2 aliphatic heterocycles. The molecule has 2 amide bonds. The lowest BCUT2D eigenvalue weighted by Gasteiger charge is -2.34. The fraction of sp³-hybridized carbons (Fsp3) is 0.692. The van der Waals surface area contributed by atoms with Gasteiger partial charge in [0.2, 0.25) is 0 Å². The van der Waals surface area contributed by atoms with Gasteiger partial charge in [0.05, 0.1) is 24.2 Å². The molecule has 2 aromatic rings. The number of fused-ring (bicyclic) bond motifs is 2. The summed E-state index contributed by atoms with van der Waals surface area (Å²) in [5, 5.41) is 11.3. The summed E-state index contributed by atoms with van der Waals surface area (Å²) in [6.07, 6.45) is -0.178. The Kier molecular flexibility index (Phi) is 10.6. The highest BCUT2D eigenvalue weighted by atomic mass is 32.2. The zero-order chi connectivity index (χ0) is 32.7. The van der Waals surface area contributed by atoms with Gasteiger partial charge in [-0.05, 0) is 55.4 Å². The Morgan fingerprint density at radius 2 is 1.30 bits per heavy atom. The van der Waals surface area contributed by atoms with E-state index in [1.54, 1.807) is 32.6 Å². The van der Waals surface area contributed by atoms with Crippen LogP contribution in [-0.2, 0) is 45.5 Å². The molecule has 0 aliphatic carbocycles. The number of carbonyl (C=O) groups excluding carboxylic acids is 2. The molecule has 0 aromatic carbocycles. The van der Waals surface area contributed by atoms with Crippen LogP contribution < -0.4 is 9.74 Å². The van der Waals surface area contributed by atoms with Crippen molar-refractivity contribution in [2.75, 3.05) is 0 Å². The summed E-state index contributed by atoms with van der Waals surface area (Å²) in [4.78, 5) is 38.7. The van der Waals surface area contributed by atoms with Crippen molar-refractivity contribution in [1.29, 1.82) is 0 Å². The Morgan fingerprint density at radius 1 is 0.841 bits per heavy atom. The number of hydrogen-bond acceptors (Lipinski definition) is 9. The average molecular weight is 655 g/mol. The van der Waals surface area contributed by atoms with Crippen molar-refractivity contribution >= 4 is 22.3 Å². The molecular weight excluding hydrogens is 613 g/mol. The van der Waals surface area contributed by atoms with E-state index in [4.69, 9.17) is 9.47 Å². The van der Waals surface area contributed by atoms with E-state index in [9.17, 15) is 36.0 Å². The van der Waals surface area contributed by atoms with Crippen molar-refractivity contribution in [3.05, 3.63) is 32.9 Å². The summed E-state index contributed by atoms with van der Waals surface area (Å²) in [5.74, 6) is -0.729. The molecule has 0 radical (unpaired) electrons. The van der Waals surface area contributed by atoms with Crippen molar-refractivity contribution in [2.24, 2.45) is 0 Å². The van der Waals surface area contributed by atoms with E-state index in [1.165, 1.54) is 4.90 Å². The van der Waals surface area contributed by atoms with Gasteiger partial charge in [0.1, 0.15) is 11.2 Å². The molecule has 0 saturated heterocycles. The first-order chi connectivity index (χ1) is 19.5. The topological polar surface area (TPSA) is 180 Å². The van der Waals surface area contributed by atoms with Gasteiger partial charge in [-0.25, -0.2) is 9.59 Å². The van der Waals surface area contributed by atoms with Crippen LogP contribution in [0.15, 0.2) is 4.79 Å². The maximum absolute atomic E-state index is 12.5. The van der Waals surface area contributed by atoms with Crippen LogP contribution in [0.4, 0.5) is 22.8 Å². The number of aromatic amines is 3. The predicted molar refractivity (Wildman–Crippen MR) is 152 cm³/mol. The smallest absolute Gasteiger partial charge is 0.444 e. The summed E-state index contributed by atoms with van der Waals surface area (Å²) in [7, 11) is -5.85. The molecule has 0 bridgehead atoms. The van der Waals surface area contributed by atoms with Gasteiger partial charge in [-0.15, -0.1) is 5.10 Å². The number of rotatable bonds is 2. The van der Waals surface area contributed by atoms with Crippen LogP contribution in [0.1, 0.15) is 85.3 Å². The van der Waals surface area contributed by atoms with Gasteiger partial charge in [-0.2, -0.15) is 21.6 Å². The molecule has 2 atom stereocenters. The van der Waals surface area contributed by atoms with Gasteiger partial charge in [-0.1, -0.05) is 7.43 Å². The van der Waals surface area contributed by atoms with Crippen molar-refractivity contribution in [3.63, 3.8) is 0 Å². The second kappa shape index (κ2) is 12.7. The van der Waals surface area contributed by atoms with E-state index >= 15 is 0 Å². The Hall–Kier alpha value is -3.70. The fourth-order valence-electron chi connectivity index (χ4n) is 4.29. The summed E-state index contributed by atoms with van der Waals surface area (Å²) in [6.45, 7) is 14.3. The largest absolute Gasteiger partial charge is 0.534 e. The molecule has 0 fully saturated rings. The second-order valence-electron chi connectivity index (χ2n) is 12.3. The summed E-state index contributed by atoms with van der Waals surface area (Å²) < 4.78 is 74.4. The Labute approximate surface area is 253 Å². The van der Waals surface area contributed by atoms with E-state index in [0.29, 0.717) is 24.2 Å². The van der Waals surface area contributed by atoms with Crippen LogP contribution in [0.2, 0.25) is 0 Å². The maximum Gasteiger partial charge on any atom is 0.534 e. The quantitative estimate of drug-likeness (QED) is 0.314. The zero-order valence-corrected chi connectivity index (χ0v) is 25.9. The Bertz CT molecular complexity index is 1500. The molecule has 4 rings (SSSR count). The summed E-state index contributed by atoms with van der Waals surface area (Å²) in [5.41, 5.74) is -5.05. The monoisotopic (exact) mass is 654 g/mol. The van der Waals surface area contributed by atoms with Gasteiger partial charge in [0, 0.05) is 36.3 Å². The zero-order valence-electron chi connectivity index (χ0n) is 25.1. The SMILES string of the molecule is C.C[C@@H]1Cc2[nH][nH]c(=O)c2CN1C(=O)OC(C)(C)C.C[C@@H]1Cc2[nH]nc(OS(=O)(=O)C(F)(F)F)c2CN1C(=O)OC(C)(C)C. The first-order valence-corrected chi connectivity index (χ1v) is 14.7. The second-order valence-corrected chi connectivity index (χ2v) is 13.9. The number of H-pyrrole nitrogens is 3. The Morgan fingerprint density at radius 3 is 1.75 bits per heavy atom. The lowest BCUT2D eigenvalue weighted by molar-refractivity contribution is -0.0502. The maximum atomic E-state index is 12.5. The number of aromatic nitrogens is 4. The highest BCUT2D eigenvalue weighted by Gasteiger charge is 2.49. The number of amides is 2. The molecule has 14 nitrogen and oxygen atoms in total. The van der Waals surface area contributed by atoms with Gasteiger partial charge < -0.3 is 28.6 Å². The molecule has 44 heavy (non-hydrogen) atoms. The first kappa shape index (κ1) is 36.5. The van der Waals surface area contributed by atoms with Crippen LogP contribution in [0.5, 0.6) is 5.88 Å². The lowest BCUT2D eigenvalue weighted by atomic mass is 10.0. The minimum atomic E-state index is -5.85. The van der Waals surface area contributed by atoms with Crippen molar-refractivity contribution < 1.29 is 44.8 Å². The van der Waals surface area contributed by atoms with Crippen LogP contribution in [-0.4, -0.2) is 79.6 Å². The minimum absolute atomic E-state index is 0. The van der Waals surface area contributed by atoms with Gasteiger partial charge in [0.15, 0.2) is 0 Å². The van der Waals surface area contributed by atoms with Gasteiger partial charge in [0.25, 0.3) is 11.4 Å². The van der Waals surface area contributed by atoms with Crippen molar-refractivity contribution in [3.8, 4) is 5.88 Å². The highest BCUT2D eigenvalue weighted by Crippen LogP contribution is 2.33. The highest BCUT2D eigenvalue weighted by molar-refractivity contribution is 7.87. The lowest BCUT2D eigenvalue weighted by Crippen LogP contribution is -2.45. The molecule has 0 unspecified atom stereocenters. The standard InChI is InChI=1S/C13H18F3N3O5S.C12H19N3O3.CH4/c1-7-5-9-8(6-19(7)11(20)23-12(2,3)4)10(18-17-9)24-25(21,22)13(14,15)16;1-7-5-9-8(10(16)14-13-9)6-15(7)11(17)18-12(2,3)4;/h7H,5-6H2,1-4H3,(H,17,18);7H,5-6H2,1-4H3,(H2,13,14,16);1H4/t2*7-;/m11./s1. The molecular formula is C26H41F3N6O8S. The van der Waals surface area contributed by atoms with Gasteiger partial charge in [-0.3, -0.25) is 15.0 Å². The van der Waals surface area contributed by atoms with E-state index in [-0.39, 0.29) is 49.7 Å². The van der Waals surface area contributed by atoms with E-state index in [1.807, 2.05) is 27.7 Å². The van der Waals surface area contributed by atoms with E-state index in [0.717, 1.165) is 5.69 Å². The first-order valence-electron chi connectivity index (χ1n) is 13.3. The number of carbonyl (C=O) groups is 2.